The Morgan fingerprint density at radius 1 is 1.47 bits per heavy atom. The lowest BCUT2D eigenvalue weighted by Crippen LogP contribution is -2.41. The minimum Gasteiger partial charge on any atom is -0.330 e. The van der Waals surface area contributed by atoms with Gasteiger partial charge in [0.2, 0.25) is 0 Å². The van der Waals surface area contributed by atoms with Crippen LogP contribution < -0.4 is 5.73 Å². The van der Waals surface area contributed by atoms with Gasteiger partial charge in [0.05, 0.1) is 0 Å². The second-order valence-electron chi connectivity index (χ2n) is 5.03. The molecular weight excluding hydrogens is 282 g/mol. The zero-order chi connectivity index (χ0) is 14.7. The van der Waals surface area contributed by atoms with Gasteiger partial charge in [0, 0.05) is 13.1 Å². The number of thiophene rings is 1. The third kappa shape index (κ3) is 3.76. The highest BCUT2D eigenvalue weighted by atomic mass is 32.2. The third-order valence-corrected chi connectivity index (χ3v) is 6.17. The first kappa shape index (κ1) is 16.1. The fourth-order valence-electron chi connectivity index (χ4n) is 1.55. The van der Waals surface area contributed by atoms with E-state index in [2.05, 4.69) is 0 Å². The summed E-state index contributed by atoms with van der Waals surface area (Å²) < 4.78 is 26.6. The molecule has 1 aromatic rings. The molecule has 0 aromatic carbocycles. The van der Waals surface area contributed by atoms with Crippen molar-refractivity contribution in [3.63, 3.8) is 0 Å². The molecule has 1 aromatic heterocycles. The Morgan fingerprint density at radius 3 is 2.53 bits per heavy atom. The molecule has 106 valence electrons. The van der Waals surface area contributed by atoms with Gasteiger partial charge < -0.3 is 5.73 Å². The van der Waals surface area contributed by atoms with Crippen molar-refractivity contribution in [2.24, 2.45) is 11.1 Å². The van der Waals surface area contributed by atoms with E-state index in [1.54, 1.807) is 6.92 Å². The van der Waals surface area contributed by atoms with Gasteiger partial charge in [-0.15, -0.1) is 11.3 Å². The van der Waals surface area contributed by atoms with Crippen LogP contribution in [-0.4, -0.2) is 32.4 Å². The molecule has 1 rings (SSSR count). The van der Waals surface area contributed by atoms with Gasteiger partial charge in [-0.2, -0.15) is 9.57 Å². The van der Waals surface area contributed by atoms with Crippen molar-refractivity contribution in [1.29, 1.82) is 5.26 Å². The Hall–Kier alpha value is -0.940. The first-order valence-electron chi connectivity index (χ1n) is 5.97. The van der Waals surface area contributed by atoms with Crippen LogP contribution in [-0.2, 0) is 10.0 Å². The van der Waals surface area contributed by atoms with Crippen molar-refractivity contribution < 1.29 is 8.42 Å². The number of sulfonamides is 1. The van der Waals surface area contributed by atoms with E-state index in [1.165, 1.54) is 16.4 Å². The molecule has 0 unspecified atom stereocenters. The van der Waals surface area contributed by atoms with Crippen LogP contribution in [0.15, 0.2) is 16.3 Å². The Morgan fingerprint density at radius 2 is 2.11 bits per heavy atom. The van der Waals surface area contributed by atoms with Gasteiger partial charge in [-0.1, -0.05) is 20.8 Å². The molecule has 0 saturated carbocycles. The van der Waals surface area contributed by atoms with Crippen molar-refractivity contribution in [1.82, 2.24) is 4.31 Å². The van der Waals surface area contributed by atoms with Crippen LogP contribution >= 0.6 is 11.3 Å². The van der Waals surface area contributed by atoms with Crippen LogP contribution in [0.1, 0.15) is 25.6 Å². The maximum Gasteiger partial charge on any atom is 0.252 e. The van der Waals surface area contributed by atoms with Gasteiger partial charge in [0.25, 0.3) is 10.0 Å². The van der Waals surface area contributed by atoms with Crippen LogP contribution in [0.2, 0.25) is 0 Å². The topological polar surface area (TPSA) is 87.2 Å². The molecule has 0 spiro atoms. The standard InChI is InChI=1S/C12H19N3O2S2/c1-4-15(9-12(2,3)8-14)19(16,17)11-6-5-10(7-13)18-11/h5-6H,4,8-9,14H2,1-3H3. The van der Waals surface area contributed by atoms with Gasteiger partial charge in [-0.05, 0) is 24.1 Å². The van der Waals surface area contributed by atoms with Gasteiger partial charge >= 0.3 is 0 Å². The summed E-state index contributed by atoms with van der Waals surface area (Å²) in [7, 11) is -3.54. The highest BCUT2D eigenvalue weighted by Gasteiger charge is 2.30. The summed E-state index contributed by atoms with van der Waals surface area (Å²) in [5.74, 6) is 0. The van der Waals surface area contributed by atoms with E-state index >= 15 is 0 Å². The average Bonchev–Trinajstić information content (AvgIpc) is 2.85. The number of nitrogens with zero attached hydrogens (tertiary/aromatic N) is 2. The Balaban J connectivity index is 3.06. The van der Waals surface area contributed by atoms with Gasteiger partial charge in [0.1, 0.15) is 15.2 Å². The molecule has 0 aliphatic heterocycles. The monoisotopic (exact) mass is 301 g/mol. The van der Waals surface area contributed by atoms with E-state index in [1.807, 2.05) is 19.9 Å². The van der Waals surface area contributed by atoms with E-state index in [-0.39, 0.29) is 9.62 Å². The molecule has 0 aliphatic rings. The highest BCUT2D eigenvalue weighted by Crippen LogP contribution is 2.26. The van der Waals surface area contributed by atoms with Crippen LogP contribution in [0, 0.1) is 16.7 Å². The van der Waals surface area contributed by atoms with E-state index in [0.717, 1.165) is 11.3 Å². The van der Waals surface area contributed by atoms with E-state index in [9.17, 15) is 8.42 Å². The SMILES string of the molecule is CCN(CC(C)(C)CN)S(=O)(=O)c1ccc(C#N)s1. The fraction of sp³-hybridized carbons (Fsp3) is 0.583. The molecule has 7 heteroatoms. The maximum absolute atomic E-state index is 12.5. The zero-order valence-corrected chi connectivity index (χ0v) is 13.0. The van der Waals surface area contributed by atoms with Crippen molar-refractivity contribution in [2.75, 3.05) is 19.6 Å². The zero-order valence-electron chi connectivity index (χ0n) is 11.4. The fourth-order valence-corrected chi connectivity index (χ4v) is 4.45. The molecule has 1 heterocycles. The lowest BCUT2D eigenvalue weighted by molar-refractivity contribution is 0.273. The Bertz CT molecular complexity index is 570. The van der Waals surface area contributed by atoms with Crippen molar-refractivity contribution >= 4 is 21.4 Å². The van der Waals surface area contributed by atoms with Crippen molar-refractivity contribution in [3.05, 3.63) is 17.0 Å². The number of hydrogen-bond donors (Lipinski definition) is 1. The summed E-state index contributed by atoms with van der Waals surface area (Å²) in [6, 6.07) is 4.96. The molecule has 0 amide bonds. The molecule has 0 radical (unpaired) electrons. The second-order valence-corrected chi connectivity index (χ2v) is 8.28. The van der Waals surface area contributed by atoms with E-state index in [0.29, 0.717) is 24.5 Å². The number of nitriles is 1. The lowest BCUT2D eigenvalue weighted by atomic mass is 9.94. The summed E-state index contributed by atoms with van der Waals surface area (Å²) in [5, 5.41) is 8.77. The van der Waals surface area contributed by atoms with E-state index < -0.39 is 10.0 Å². The molecule has 0 fully saturated rings. The number of nitrogens with two attached hydrogens (primary N) is 1. The molecule has 0 atom stereocenters. The average molecular weight is 301 g/mol. The van der Waals surface area contributed by atoms with Crippen LogP contribution in [0.25, 0.3) is 0 Å². The number of hydrogen-bond acceptors (Lipinski definition) is 5. The minimum atomic E-state index is -3.54. The molecule has 5 nitrogen and oxygen atoms in total. The maximum atomic E-state index is 12.5. The number of rotatable bonds is 6. The van der Waals surface area contributed by atoms with Crippen LogP contribution in [0.3, 0.4) is 0 Å². The molecule has 0 bridgehead atoms. The normalized spacial score (nSPS) is 12.6. The second kappa shape index (κ2) is 6.01. The molecule has 2 N–H and O–H groups in total. The molecular formula is C12H19N3O2S2. The first-order valence-corrected chi connectivity index (χ1v) is 8.22. The summed E-state index contributed by atoms with van der Waals surface area (Å²) in [5.41, 5.74) is 5.38. The summed E-state index contributed by atoms with van der Waals surface area (Å²) in [6.07, 6.45) is 0. The molecule has 19 heavy (non-hydrogen) atoms. The largest absolute Gasteiger partial charge is 0.330 e. The Kier molecular flexibility index (Phi) is 5.10. The minimum absolute atomic E-state index is 0.207. The summed E-state index contributed by atoms with van der Waals surface area (Å²) in [4.78, 5) is 0.396. The van der Waals surface area contributed by atoms with Crippen LogP contribution in [0.4, 0.5) is 0 Å². The predicted molar refractivity (Wildman–Crippen MR) is 76.3 cm³/mol. The predicted octanol–water partition coefficient (Wildman–Crippen LogP) is 1.62. The van der Waals surface area contributed by atoms with Gasteiger partial charge in [-0.25, -0.2) is 8.42 Å². The van der Waals surface area contributed by atoms with Gasteiger partial charge in [0.15, 0.2) is 0 Å². The molecule has 0 aliphatic carbocycles. The summed E-state index contributed by atoms with van der Waals surface area (Å²) >= 11 is 0.995. The molecule has 0 saturated heterocycles. The summed E-state index contributed by atoms with van der Waals surface area (Å²) in [6.45, 7) is 6.81. The third-order valence-electron chi connectivity index (χ3n) is 2.80. The van der Waals surface area contributed by atoms with Gasteiger partial charge in [-0.3, -0.25) is 0 Å². The quantitative estimate of drug-likeness (QED) is 0.865. The smallest absolute Gasteiger partial charge is 0.252 e. The lowest BCUT2D eigenvalue weighted by Gasteiger charge is -2.29. The van der Waals surface area contributed by atoms with E-state index in [4.69, 9.17) is 11.0 Å². The first-order chi connectivity index (χ1) is 8.76. The van der Waals surface area contributed by atoms with Crippen LogP contribution in [0.5, 0.6) is 0 Å². The van der Waals surface area contributed by atoms with Crippen molar-refractivity contribution in [3.8, 4) is 6.07 Å². The van der Waals surface area contributed by atoms with Crippen molar-refractivity contribution in [2.45, 2.75) is 25.0 Å². The Labute approximate surface area is 118 Å². The highest BCUT2D eigenvalue weighted by molar-refractivity contribution is 7.91.